The molecule has 33 heavy (non-hydrogen) atoms. The van der Waals surface area contributed by atoms with E-state index in [1.807, 2.05) is 0 Å². The van der Waals surface area contributed by atoms with Gasteiger partial charge in [0.15, 0.2) is 6.29 Å². The van der Waals surface area contributed by atoms with Crippen molar-refractivity contribution in [2.45, 2.75) is 108 Å². The van der Waals surface area contributed by atoms with Crippen molar-refractivity contribution in [3.05, 3.63) is 0 Å². The van der Waals surface area contributed by atoms with E-state index >= 15 is 0 Å². The van der Waals surface area contributed by atoms with Crippen molar-refractivity contribution >= 4 is 0 Å². The second-order valence-corrected chi connectivity index (χ2v) is 11.3. The molecule has 0 bridgehead atoms. The fourth-order valence-electron chi connectivity index (χ4n) is 6.24. The Kier molecular flexibility index (Phi) is 8.72. The quantitative estimate of drug-likeness (QED) is 0.356. The van der Waals surface area contributed by atoms with Gasteiger partial charge in [-0.3, -0.25) is 0 Å². The average Bonchev–Trinajstić information content (AvgIpc) is 3.59. The molecule has 4 aliphatic rings. The van der Waals surface area contributed by atoms with E-state index < -0.39 is 36.8 Å². The lowest BCUT2D eigenvalue weighted by molar-refractivity contribution is -0.307. The molecule has 2 aliphatic heterocycles. The minimum atomic E-state index is -1.01. The van der Waals surface area contributed by atoms with Crippen LogP contribution in [0.4, 0.5) is 0 Å². The number of nitrogens with one attached hydrogen (secondary N) is 1. The number of aliphatic hydroxyl groups is 4. The van der Waals surface area contributed by atoms with Crippen LogP contribution in [0.1, 0.15) is 59.3 Å². The van der Waals surface area contributed by atoms with Gasteiger partial charge in [0.2, 0.25) is 0 Å². The molecule has 4 fully saturated rings. The normalized spacial score (nSPS) is 49.2. The predicted octanol–water partition coefficient (Wildman–Crippen LogP) is 1.04. The van der Waals surface area contributed by atoms with E-state index in [0.29, 0.717) is 5.92 Å². The molecule has 0 radical (unpaired) electrons. The van der Waals surface area contributed by atoms with Gasteiger partial charge in [-0.2, -0.15) is 0 Å². The third kappa shape index (κ3) is 6.09. The van der Waals surface area contributed by atoms with Gasteiger partial charge in [0.1, 0.15) is 12.2 Å². The van der Waals surface area contributed by atoms with E-state index in [4.69, 9.17) is 14.2 Å². The van der Waals surface area contributed by atoms with Gasteiger partial charge in [-0.25, -0.2) is 0 Å². The van der Waals surface area contributed by atoms with Gasteiger partial charge in [0.25, 0.3) is 0 Å². The molecule has 5 N–H and O–H groups in total. The monoisotopic (exact) mass is 471 g/mol. The maximum absolute atomic E-state index is 11.5. The summed E-state index contributed by atoms with van der Waals surface area (Å²) in [5.74, 6) is 1.49. The highest BCUT2D eigenvalue weighted by Crippen LogP contribution is 2.43. The first kappa shape index (κ1) is 25.8. The van der Waals surface area contributed by atoms with Crippen LogP contribution < -0.4 is 5.32 Å². The molecule has 4 rings (SSSR count). The Labute approximate surface area is 198 Å². The lowest BCUT2D eigenvalue weighted by Crippen LogP contribution is -2.58. The Balaban J connectivity index is 1.40. The maximum Gasteiger partial charge on any atom is 0.184 e. The molecule has 0 amide bonds. The lowest BCUT2D eigenvalue weighted by atomic mass is 9.66. The second kappa shape index (κ2) is 11.2. The molecule has 2 heterocycles. The van der Waals surface area contributed by atoms with Crippen LogP contribution in [0.25, 0.3) is 0 Å². The fraction of sp³-hybridized carbons (Fsp3) is 1.00. The van der Waals surface area contributed by atoms with E-state index in [-0.39, 0.29) is 43.0 Å². The molecule has 8 nitrogen and oxygen atoms in total. The fourth-order valence-corrected chi connectivity index (χ4v) is 6.24. The average molecular weight is 472 g/mol. The zero-order chi connectivity index (χ0) is 23.7. The SMILES string of the molecule is CC1CC(C)C(C2OC(CNCC3CC3)CCC2C)C(O)C1OC1OC(CO)C(O)CC1O. The third-order valence-electron chi connectivity index (χ3n) is 8.43. The summed E-state index contributed by atoms with van der Waals surface area (Å²) in [4.78, 5) is 0. The molecule has 0 aromatic heterocycles. The van der Waals surface area contributed by atoms with Gasteiger partial charge >= 0.3 is 0 Å². The molecular formula is C25H45NO7. The highest BCUT2D eigenvalue weighted by Gasteiger charge is 2.50. The van der Waals surface area contributed by atoms with Gasteiger partial charge < -0.3 is 40.0 Å². The van der Waals surface area contributed by atoms with Gasteiger partial charge in [-0.1, -0.05) is 20.8 Å². The largest absolute Gasteiger partial charge is 0.394 e. The molecule has 2 aliphatic carbocycles. The molecule has 192 valence electrons. The van der Waals surface area contributed by atoms with Crippen LogP contribution in [0.3, 0.4) is 0 Å². The Bertz CT molecular complexity index is 620. The first-order chi connectivity index (χ1) is 15.8. The highest BCUT2D eigenvalue weighted by atomic mass is 16.7. The Hall–Kier alpha value is -0.320. The summed E-state index contributed by atoms with van der Waals surface area (Å²) < 4.78 is 18.4. The first-order valence-corrected chi connectivity index (χ1v) is 13.1. The number of rotatable bonds is 8. The molecule has 12 atom stereocenters. The number of hydrogen-bond donors (Lipinski definition) is 5. The summed E-state index contributed by atoms with van der Waals surface area (Å²) >= 11 is 0. The molecule has 2 saturated carbocycles. The molecule has 0 aromatic rings. The zero-order valence-corrected chi connectivity index (χ0v) is 20.4. The molecule has 2 saturated heterocycles. The minimum Gasteiger partial charge on any atom is -0.394 e. The zero-order valence-electron chi connectivity index (χ0n) is 20.4. The van der Waals surface area contributed by atoms with E-state index in [9.17, 15) is 20.4 Å². The second-order valence-electron chi connectivity index (χ2n) is 11.3. The van der Waals surface area contributed by atoms with Crippen LogP contribution in [0.5, 0.6) is 0 Å². The van der Waals surface area contributed by atoms with Gasteiger partial charge in [0, 0.05) is 18.9 Å². The Morgan fingerprint density at radius 3 is 2.30 bits per heavy atom. The van der Waals surface area contributed by atoms with Gasteiger partial charge in [-0.15, -0.1) is 0 Å². The molecule has 0 spiro atoms. The summed E-state index contributed by atoms with van der Waals surface area (Å²) in [6.45, 7) is 8.05. The van der Waals surface area contributed by atoms with Crippen LogP contribution in [0, 0.1) is 29.6 Å². The highest BCUT2D eigenvalue weighted by molar-refractivity contribution is 4.97. The Morgan fingerprint density at radius 1 is 0.848 bits per heavy atom. The summed E-state index contributed by atoms with van der Waals surface area (Å²) in [5.41, 5.74) is 0. The number of ether oxygens (including phenoxy) is 3. The molecular weight excluding hydrogens is 426 g/mol. The summed E-state index contributed by atoms with van der Waals surface area (Å²) in [7, 11) is 0. The van der Waals surface area contributed by atoms with Gasteiger partial charge in [-0.05, 0) is 62.3 Å². The van der Waals surface area contributed by atoms with Crippen molar-refractivity contribution in [3.8, 4) is 0 Å². The number of aliphatic hydroxyl groups excluding tert-OH is 4. The van der Waals surface area contributed by atoms with Crippen molar-refractivity contribution in [2.24, 2.45) is 29.6 Å². The minimum absolute atomic E-state index is 0.0423. The molecule has 0 aromatic carbocycles. The predicted molar refractivity (Wildman–Crippen MR) is 122 cm³/mol. The van der Waals surface area contributed by atoms with Crippen molar-refractivity contribution in [1.29, 1.82) is 0 Å². The molecule has 8 heteroatoms. The van der Waals surface area contributed by atoms with Crippen LogP contribution in [0.15, 0.2) is 0 Å². The third-order valence-corrected chi connectivity index (χ3v) is 8.43. The topological polar surface area (TPSA) is 121 Å². The summed E-state index contributed by atoms with van der Waals surface area (Å²) in [6, 6.07) is 0. The van der Waals surface area contributed by atoms with E-state index in [1.165, 1.54) is 12.8 Å². The van der Waals surface area contributed by atoms with Crippen LogP contribution in [-0.4, -0.2) is 89.1 Å². The maximum atomic E-state index is 11.5. The number of hydrogen-bond acceptors (Lipinski definition) is 8. The summed E-state index contributed by atoms with van der Waals surface area (Å²) in [5, 5.41) is 45.0. The van der Waals surface area contributed by atoms with Crippen LogP contribution >= 0.6 is 0 Å². The molecule has 12 unspecified atom stereocenters. The van der Waals surface area contributed by atoms with Crippen molar-refractivity contribution in [2.75, 3.05) is 19.7 Å². The first-order valence-electron chi connectivity index (χ1n) is 13.1. The van der Waals surface area contributed by atoms with Gasteiger partial charge in [0.05, 0.1) is 37.1 Å². The van der Waals surface area contributed by atoms with E-state index in [2.05, 4.69) is 26.1 Å². The van der Waals surface area contributed by atoms with Crippen molar-refractivity contribution in [1.82, 2.24) is 5.32 Å². The van der Waals surface area contributed by atoms with E-state index in [0.717, 1.165) is 38.3 Å². The van der Waals surface area contributed by atoms with E-state index in [1.54, 1.807) is 0 Å². The van der Waals surface area contributed by atoms with Crippen molar-refractivity contribution in [3.63, 3.8) is 0 Å². The lowest BCUT2D eigenvalue weighted by Gasteiger charge is -2.50. The van der Waals surface area contributed by atoms with Crippen molar-refractivity contribution < 1.29 is 34.6 Å². The smallest absolute Gasteiger partial charge is 0.184 e. The van der Waals surface area contributed by atoms with Crippen LogP contribution in [0.2, 0.25) is 0 Å². The Morgan fingerprint density at radius 2 is 1.61 bits per heavy atom. The van der Waals surface area contributed by atoms with Crippen LogP contribution in [-0.2, 0) is 14.2 Å². The summed E-state index contributed by atoms with van der Waals surface area (Å²) in [6.07, 6.45) is 0.895. The standard InChI is InChI=1S/C25H45NO7/c1-13-4-7-17(11-26-10-16-5-6-16)31-23(13)21-14(2)8-15(3)24(22(21)30)33-25-19(29)9-18(28)20(12-27)32-25/h13-30H,4-12H2,1-3H3.